The fraction of sp³-hybridized carbons (Fsp3) is 1.00. The van der Waals surface area contributed by atoms with Crippen LogP contribution in [0.2, 0.25) is 0 Å². The molecule has 0 saturated heterocycles. The zero-order chi connectivity index (χ0) is 9.68. The van der Waals surface area contributed by atoms with Crippen molar-refractivity contribution in [1.29, 1.82) is 0 Å². The number of nitrogens with one attached hydrogen (secondary N) is 1. The van der Waals surface area contributed by atoms with Crippen molar-refractivity contribution in [3.8, 4) is 0 Å². The summed E-state index contributed by atoms with van der Waals surface area (Å²) in [5.41, 5.74) is 0. The number of hydrogen-bond acceptors (Lipinski definition) is 2. The van der Waals surface area contributed by atoms with Crippen molar-refractivity contribution >= 4 is 0 Å². The van der Waals surface area contributed by atoms with Crippen LogP contribution in [0.4, 0.5) is 0 Å². The van der Waals surface area contributed by atoms with E-state index >= 15 is 0 Å². The highest BCUT2D eigenvalue weighted by atomic mass is 15.1. The van der Waals surface area contributed by atoms with E-state index in [1.54, 1.807) is 0 Å². The summed E-state index contributed by atoms with van der Waals surface area (Å²) in [7, 11) is 4.33. The molecule has 0 aliphatic heterocycles. The Morgan fingerprint density at radius 3 is 2.62 bits per heavy atom. The third kappa shape index (κ3) is 3.28. The average molecular weight is 184 g/mol. The fourth-order valence-electron chi connectivity index (χ4n) is 2.34. The number of nitrogens with zero attached hydrogens (tertiary/aromatic N) is 1. The Labute approximate surface area is 82.7 Å². The van der Waals surface area contributed by atoms with Gasteiger partial charge in [0.2, 0.25) is 0 Å². The Kier molecular flexibility index (Phi) is 4.74. The minimum atomic E-state index is 0.766. The molecule has 2 nitrogen and oxygen atoms in total. The maximum atomic E-state index is 3.46. The quantitative estimate of drug-likeness (QED) is 0.715. The molecular weight excluding hydrogens is 160 g/mol. The van der Waals surface area contributed by atoms with E-state index in [2.05, 4.69) is 31.2 Å². The zero-order valence-electron chi connectivity index (χ0n) is 9.34. The maximum Gasteiger partial charge on any atom is 0.0104 e. The molecule has 2 heteroatoms. The lowest BCUT2D eigenvalue weighted by atomic mass is 9.84. The molecule has 0 heterocycles. The van der Waals surface area contributed by atoms with E-state index in [4.69, 9.17) is 0 Å². The van der Waals surface area contributed by atoms with Crippen LogP contribution in [0, 0.1) is 5.92 Å². The molecule has 78 valence electrons. The Morgan fingerprint density at radius 2 is 2.00 bits per heavy atom. The Balaban J connectivity index is 2.35. The summed E-state index contributed by atoms with van der Waals surface area (Å²) in [5.74, 6) is 0.878. The fourth-order valence-corrected chi connectivity index (χ4v) is 2.34. The first-order valence-corrected chi connectivity index (χ1v) is 5.63. The van der Waals surface area contributed by atoms with Crippen LogP contribution in [0.15, 0.2) is 0 Å². The summed E-state index contributed by atoms with van der Waals surface area (Å²) >= 11 is 0. The van der Waals surface area contributed by atoms with Crippen LogP contribution >= 0.6 is 0 Å². The highest BCUT2D eigenvalue weighted by molar-refractivity contribution is 4.81. The third-order valence-corrected chi connectivity index (χ3v) is 3.37. The summed E-state index contributed by atoms with van der Waals surface area (Å²) < 4.78 is 0. The smallest absolute Gasteiger partial charge is 0.0104 e. The molecule has 1 aliphatic carbocycles. The molecular formula is C11H24N2. The van der Waals surface area contributed by atoms with Crippen LogP contribution in [-0.4, -0.2) is 38.1 Å². The zero-order valence-corrected chi connectivity index (χ0v) is 9.34. The van der Waals surface area contributed by atoms with Crippen molar-refractivity contribution in [2.24, 2.45) is 5.92 Å². The molecule has 0 amide bonds. The minimum absolute atomic E-state index is 0.766. The van der Waals surface area contributed by atoms with Gasteiger partial charge in [-0.3, -0.25) is 0 Å². The molecule has 1 saturated carbocycles. The Hall–Kier alpha value is -0.0800. The van der Waals surface area contributed by atoms with Gasteiger partial charge in [-0.1, -0.05) is 19.8 Å². The molecule has 0 bridgehead atoms. The molecule has 0 aromatic carbocycles. The molecule has 1 N–H and O–H groups in total. The van der Waals surface area contributed by atoms with E-state index in [9.17, 15) is 0 Å². The second-order valence-electron chi connectivity index (χ2n) is 4.29. The second-order valence-corrected chi connectivity index (χ2v) is 4.29. The van der Waals surface area contributed by atoms with Crippen molar-refractivity contribution < 1.29 is 0 Å². The van der Waals surface area contributed by atoms with Gasteiger partial charge in [0.1, 0.15) is 0 Å². The first kappa shape index (κ1) is 11.0. The first-order chi connectivity index (χ1) is 6.27. The molecule has 0 aromatic heterocycles. The van der Waals surface area contributed by atoms with E-state index in [-0.39, 0.29) is 0 Å². The van der Waals surface area contributed by atoms with Crippen molar-refractivity contribution in [2.75, 3.05) is 27.2 Å². The molecule has 0 radical (unpaired) electrons. The largest absolute Gasteiger partial charge is 0.317 e. The Bertz CT molecular complexity index is 136. The van der Waals surface area contributed by atoms with E-state index in [0.29, 0.717) is 0 Å². The van der Waals surface area contributed by atoms with Gasteiger partial charge in [-0.25, -0.2) is 0 Å². The lowest BCUT2D eigenvalue weighted by molar-refractivity contribution is 0.200. The summed E-state index contributed by atoms with van der Waals surface area (Å²) in [6.45, 7) is 4.67. The standard InChI is InChI=1S/C11H24N2/c1-4-13(3)9-10-7-5-6-8-11(10)12-2/h10-12H,4-9H2,1-3H3. The van der Waals surface area contributed by atoms with Gasteiger partial charge in [0.05, 0.1) is 0 Å². The topological polar surface area (TPSA) is 15.3 Å². The van der Waals surface area contributed by atoms with E-state index in [1.807, 2.05) is 0 Å². The van der Waals surface area contributed by atoms with Gasteiger partial charge in [-0.05, 0) is 39.4 Å². The van der Waals surface area contributed by atoms with Crippen LogP contribution in [0.3, 0.4) is 0 Å². The van der Waals surface area contributed by atoms with Gasteiger partial charge in [0.25, 0.3) is 0 Å². The van der Waals surface area contributed by atoms with Crippen LogP contribution in [0.5, 0.6) is 0 Å². The number of hydrogen-bond donors (Lipinski definition) is 1. The van der Waals surface area contributed by atoms with E-state index in [1.165, 1.54) is 38.8 Å². The van der Waals surface area contributed by atoms with Crippen LogP contribution in [0.25, 0.3) is 0 Å². The van der Waals surface area contributed by atoms with Gasteiger partial charge < -0.3 is 10.2 Å². The monoisotopic (exact) mass is 184 g/mol. The van der Waals surface area contributed by atoms with Crippen LogP contribution in [-0.2, 0) is 0 Å². The van der Waals surface area contributed by atoms with Crippen molar-refractivity contribution in [3.05, 3.63) is 0 Å². The van der Waals surface area contributed by atoms with Crippen molar-refractivity contribution in [1.82, 2.24) is 10.2 Å². The molecule has 1 aliphatic rings. The van der Waals surface area contributed by atoms with Gasteiger partial charge in [-0.2, -0.15) is 0 Å². The average Bonchev–Trinajstić information content (AvgIpc) is 2.18. The predicted octanol–water partition coefficient (Wildman–Crippen LogP) is 1.72. The molecule has 0 spiro atoms. The summed E-state index contributed by atoms with van der Waals surface area (Å²) in [6.07, 6.45) is 5.63. The molecule has 0 aromatic rings. The summed E-state index contributed by atoms with van der Waals surface area (Å²) in [6, 6.07) is 0.766. The highest BCUT2D eigenvalue weighted by Crippen LogP contribution is 2.24. The minimum Gasteiger partial charge on any atom is -0.317 e. The molecule has 1 rings (SSSR count). The lowest BCUT2D eigenvalue weighted by Gasteiger charge is -2.33. The molecule has 1 fully saturated rings. The number of rotatable bonds is 4. The van der Waals surface area contributed by atoms with Crippen molar-refractivity contribution in [2.45, 2.75) is 38.6 Å². The van der Waals surface area contributed by atoms with Gasteiger partial charge in [0.15, 0.2) is 0 Å². The van der Waals surface area contributed by atoms with E-state index < -0.39 is 0 Å². The second kappa shape index (κ2) is 5.61. The first-order valence-electron chi connectivity index (χ1n) is 5.63. The summed E-state index contributed by atoms with van der Waals surface area (Å²) in [5, 5.41) is 3.46. The lowest BCUT2D eigenvalue weighted by Crippen LogP contribution is -2.41. The highest BCUT2D eigenvalue weighted by Gasteiger charge is 2.23. The normalized spacial score (nSPS) is 29.5. The maximum absolute atomic E-state index is 3.46. The van der Waals surface area contributed by atoms with Crippen LogP contribution < -0.4 is 5.32 Å². The molecule has 2 atom stereocenters. The third-order valence-electron chi connectivity index (χ3n) is 3.37. The molecule has 13 heavy (non-hydrogen) atoms. The van der Waals surface area contributed by atoms with Crippen molar-refractivity contribution in [3.63, 3.8) is 0 Å². The van der Waals surface area contributed by atoms with Gasteiger partial charge >= 0.3 is 0 Å². The Morgan fingerprint density at radius 1 is 1.31 bits per heavy atom. The van der Waals surface area contributed by atoms with E-state index in [0.717, 1.165) is 12.0 Å². The summed E-state index contributed by atoms with van der Waals surface area (Å²) in [4.78, 5) is 2.43. The van der Waals surface area contributed by atoms with Gasteiger partial charge in [-0.15, -0.1) is 0 Å². The SMILES string of the molecule is CCN(C)CC1CCCCC1NC. The van der Waals surface area contributed by atoms with Crippen LogP contribution in [0.1, 0.15) is 32.6 Å². The molecule has 2 unspecified atom stereocenters. The predicted molar refractivity (Wildman–Crippen MR) is 58.0 cm³/mol. The van der Waals surface area contributed by atoms with Gasteiger partial charge in [0, 0.05) is 12.6 Å².